The second kappa shape index (κ2) is 5.36. The van der Waals surface area contributed by atoms with E-state index in [0.29, 0.717) is 23.0 Å². The summed E-state index contributed by atoms with van der Waals surface area (Å²) in [5, 5.41) is 19.9. The summed E-state index contributed by atoms with van der Waals surface area (Å²) >= 11 is 6.21. The number of fused-ring (bicyclic) bond motifs is 1. The molecule has 1 aliphatic heterocycles. The Hall–Kier alpha value is -1.31. The van der Waals surface area contributed by atoms with Gasteiger partial charge in [-0.25, -0.2) is 4.98 Å². The van der Waals surface area contributed by atoms with Crippen molar-refractivity contribution in [1.29, 1.82) is 5.26 Å². The molecule has 102 valence electrons. The van der Waals surface area contributed by atoms with Crippen molar-refractivity contribution in [2.24, 2.45) is 5.92 Å². The molecule has 0 saturated carbocycles. The van der Waals surface area contributed by atoms with E-state index in [1.165, 1.54) is 0 Å². The third kappa shape index (κ3) is 2.29. The fourth-order valence-electron chi connectivity index (χ4n) is 2.43. The summed E-state index contributed by atoms with van der Waals surface area (Å²) in [7, 11) is 0. The zero-order valence-electron chi connectivity index (χ0n) is 11.3. The van der Waals surface area contributed by atoms with Crippen molar-refractivity contribution in [2.45, 2.75) is 45.8 Å². The quantitative estimate of drug-likeness (QED) is 0.858. The van der Waals surface area contributed by atoms with Crippen LogP contribution in [-0.2, 0) is 11.3 Å². The first-order chi connectivity index (χ1) is 9.01. The summed E-state index contributed by atoms with van der Waals surface area (Å²) in [5.74, 6) is -0.346. The predicted molar refractivity (Wildman–Crippen MR) is 71.9 cm³/mol. The van der Waals surface area contributed by atoms with Gasteiger partial charge in [0, 0.05) is 11.1 Å². The third-order valence-electron chi connectivity index (χ3n) is 3.52. The van der Waals surface area contributed by atoms with E-state index in [4.69, 9.17) is 16.3 Å². The van der Waals surface area contributed by atoms with E-state index < -0.39 is 5.92 Å². The molecule has 2 atom stereocenters. The Kier molecular flexibility index (Phi) is 3.98. The lowest BCUT2D eigenvalue weighted by molar-refractivity contribution is 0.0631. The minimum atomic E-state index is -0.469. The molecule has 5 heteroatoms. The number of pyridine rings is 1. The van der Waals surface area contributed by atoms with Gasteiger partial charge in [-0.15, -0.1) is 0 Å². The van der Waals surface area contributed by atoms with Gasteiger partial charge >= 0.3 is 0 Å². The first-order valence-electron chi connectivity index (χ1n) is 6.43. The minimum Gasteiger partial charge on any atom is -0.506 e. The molecule has 2 rings (SSSR count). The van der Waals surface area contributed by atoms with Gasteiger partial charge in [0.1, 0.15) is 16.6 Å². The molecule has 1 N–H and O–H groups in total. The number of hydrogen-bond donors (Lipinski definition) is 1. The van der Waals surface area contributed by atoms with Crippen LogP contribution in [0.4, 0.5) is 0 Å². The maximum atomic E-state index is 10.3. The average Bonchev–Trinajstić information content (AvgIpc) is 2.80. The molecule has 0 spiro atoms. The van der Waals surface area contributed by atoms with Crippen molar-refractivity contribution >= 4 is 11.6 Å². The summed E-state index contributed by atoms with van der Waals surface area (Å²) < 4.78 is 5.60. The Morgan fingerprint density at radius 2 is 2.26 bits per heavy atom. The van der Waals surface area contributed by atoms with Gasteiger partial charge in [0.25, 0.3) is 0 Å². The van der Waals surface area contributed by atoms with E-state index in [2.05, 4.69) is 11.1 Å². The molecule has 1 aromatic heterocycles. The molecule has 0 amide bonds. The van der Waals surface area contributed by atoms with Gasteiger partial charge in [-0.1, -0.05) is 32.4 Å². The molecule has 0 aliphatic carbocycles. The van der Waals surface area contributed by atoms with Crippen LogP contribution < -0.4 is 0 Å². The smallest absolute Gasteiger partial charge is 0.144 e. The van der Waals surface area contributed by atoms with Crippen LogP contribution in [0.1, 0.15) is 56.0 Å². The van der Waals surface area contributed by atoms with Crippen LogP contribution in [0.25, 0.3) is 0 Å². The van der Waals surface area contributed by atoms with Crippen LogP contribution in [0.5, 0.6) is 5.75 Å². The second-order valence-electron chi connectivity index (χ2n) is 5.09. The van der Waals surface area contributed by atoms with E-state index in [-0.39, 0.29) is 17.8 Å². The van der Waals surface area contributed by atoms with Gasteiger partial charge in [0.2, 0.25) is 0 Å². The van der Waals surface area contributed by atoms with Gasteiger partial charge < -0.3 is 9.84 Å². The summed E-state index contributed by atoms with van der Waals surface area (Å²) in [4.78, 5) is 4.25. The zero-order valence-corrected chi connectivity index (χ0v) is 12.0. The molecule has 1 aromatic rings. The summed E-state index contributed by atoms with van der Waals surface area (Å²) in [6, 6.07) is 2.18. The first-order valence-corrected chi connectivity index (χ1v) is 6.81. The number of hydrogen-bond acceptors (Lipinski definition) is 4. The molecular formula is C14H17ClN2O2. The maximum absolute atomic E-state index is 10.3. The maximum Gasteiger partial charge on any atom is 0.144 e. The highest BCUT2D eigenvalue weighted by Crippen LogP contribution is 2.44. The number of nitrogens with zero attached hydrogens (tertiary/aromatic N) is 2. The molecule has 0 bridgehead atoms. The molecule has 0 aromatic carbocycles. The van der Waals surface area contributed by atoms with Gasteiger partial charge in [-0.05, 0) is 12.3 Å². The number of halogens is 1. The summed E-state index contributed by atoms with van der Waals surface area (Å²) in [5.41, 5.74) is 1.82. The number of aromatic nitrogens is 1. The Labute approximate surface area is 118 Å². The minimum absolute atomic E-state index is 0.0572. The number of rotatable bonds is 3. The molecule has 0 saturated heterocycles. The third-order valence-corrected chi connectivity index (χ3v) is 3.80. The van der Waals surface area contributed by atoms with Gasteiger partial charge in [-0.2, -0.15) is 5.26 Å². The molecular weight excluding hydrogens is 264 g/mol. The largest absolute Gasteiger partial charge is 0.506 e. The Morgan fingerprint density at radius 1 is 1.58 bits per heavy atom. The van der Waals surface area contributed by atoms with Crippen LogP contribution in [0.15, 0.2) is 0 Å². The van der Waals surface area contributed by atoms with E-state index in [0.717, 1.165) is 12.0 Å². The van der Waals surface area contributed by atoms with Crippen LogP contribution in [-0.4, -0.2) is 10.1 Å². The van der Waals surface area contributed by atoms with Gasteiger partial charge in [0.05, 0.1) is 24.7 Å². The van der Waals surface area contributed by atoms with Gasteiger partial charge in [0.15, 0.2) is 0 Å². The monoisotopic (exact) mass is 280 g/mol. The number of ether oxygens (including phenoxy) is 1. The topological polar surface area (TPSA) is 66.1 Å². The SMILES string of the molecule is CCC1OCc2c(O)c(C(C#N)C(C)C)nc(Cl)c21. The van der Waals surface area contributed by atoms with E-state index in [9.17, 15) is 10.4 Å². The predicted octanol–water partition coefficient (Wildman–Crippen LogP) is 3.69. The lowest BCUT2D eigenvalue weighted by Crippen LogP contribution is -2.09. The highest BCUT2D eigenvalue weighted by molar-refractivity contribution is 6.30. The molecule has 0 fully saturated rings. The standard InChI is InChI=1S/C14H17ClN2O2/c1-4-10-11-9(6-19-10)13(18)12(17-14(11)15)8(5-16)7(2)3/h7-8,10,18H,4,6H2,1-3H3. The molecule has 2 unspecified atom stereocenters. The number of nitriles is 1. The molecule has 19 heavy (non-hydrogen) atoms. The Bertz CT molecular complexity index is 537. The van der Waals surface area contributed by atoms with Crippen molar-refractivity contribution in [1.82, 2.24) is 4.98 Å². The van der Waals surface area contributed by atoms with Crippen molar-refractivity contribution in [3.8, 4) is 11.8 Å². The molecule has 1 aliphatic rings. The van der Waals surface area contributed by atoms with E-state index in [1.54, 1.807) is 0 Å². The fourth-order valence-corrected chi connectivity index (χ4v) is 2.76. The Balaban J connectivity index is 2.57. The lowest BCUT2D eigenvalue weighted by atomic mass is 9.91. The number of aromatic hydroxyl groups is 1. The van der Waals surface area contributed by atoms with Crippen molar-refractivity contribution in [3.63, 3.8) is 0 Å². The Morgan fingerprint density at radius 3 is 2.79 bits per heavy atom. The highest BCUT2D eigenvalue weighted by atomic mass is 35.5. The molecule has 4 nitrogen and oxygen atoms in total. The normalized spacial score (nSPS) is 19.3. The second-order valence-corrected chi connectivity index (χ2v) is 5.45. The highest BCUT2D eigenvalue weighted by Gasteiger charge is 2.32. The van der Waals surface area contributed by atoms with E-state index >= 15 is 0 Å². The van der Waals surface area contributed by atoms with Crippen LogP contribution in [0, 0.1) is 17.2 Å². The van der Waals surface area contributed by atoms with Crippen molar-refractivity contribution in [2.75, 3.05) is 0 Å². The van der Waals surface area contributed by atoms with Crippen LogP contribution in [0.3, 0.4) is 0 Å². The fraction of sp³-hybridized carbons (Fsp3) is 0.571. The molecule has 0 radical (unpaired) electrons. The average molecular weight is 281 g/mol. The van der Waals surface area contributed by atoms with Crippen molar-refractivity contribution in [3.05, 3.63) is 22.0 Å². The molecule has 2 heterocycles. The van der Waals surface area contributed by atoms with E-state index in [1.807, 2.05) is 20.8 Å². The zero-order chi connectivity index (χ0) is 14.2. The summed E-state index contributed by atoms with van der Waals surface area (Å²) in [6.45, 7) is 6.15. The first kappa shape index (κ1) is 14.1. The van der Waals surface area contributed by atoms with Crippen molar-refractivity contribution < 1.29 is 9.84 Å². The van der Waals surface area contributed by atoms with Gasteiger partial charge in [-0.3, -0.25) is 0 Å². The van der Waals surface area contributed by atoms with Crippen LogP contribution >= 0.6 is 11.6 Å². The van der Waals surface area contributed by atoms with Crippen LogP contribution in [0.2, 0.25) is 5.15 Å². The summed E-state index contributed by atoms with van der Waals surface area (Å²) in [6.07, 6.45) is 0.661. The lowest BCUT2D eigenvalue weighted by Gasteiger charge is -2.17.